The Labute approximate surface area is 74.2 Å². The predicted molar refractivity (Wildman–Crippen MR) is 49.1 cm³/mol. The van der Waals surface area contributed by atoms with Crippen LogP contribution in [0.4, 0.5) is 0 Å². The van der Waals surface area contributed by atoms with Crippen molar-refractivity contribution in [3.8, 4) is 0 Å². The highest BCUT2D eigenvalue weighted by Crippen LogP contribution is 2.07. The van der Waals surface area contributed by atoms with Gasteiger partial charge in [0.25, 0.3) is 0 Å². The lowest BCUT2D eigenvalue weighted by Gasteiger charge is -1.90. The van der Waals surface area contributed by atoms with E-state index in [0.717, 1.165) is 5.82 Å². The Morgan fingerprint density at radius 2 is 1.83 bits per heavy atom. The Kier molecular flexibility index (Phi) is 5.34. The van der Waals surface area contributed by atoms with Gasteiger partial charge < -0.3 is 4.52 Å². The highest BCUT2D eigenvalue weighted by Gasteiger charge is 2.04. The van der Waals surface area contributed by atoms with Crippen LogP contribution in [0.15, 0.2) is 4.52 Å². The fourth-order valence-corrected chi connectivity index (χ4v) is 0.549. The van der Waals surface area contributed by atoms with Gasteiger partial charge in [-0.05, 0) is 0 Å². The summed E-state index contributed by atoms with van der Waals surface area (Å²) >= 11 is 0. The molecule has 0 N–H and O–H groups in total. The quantitative estimate of drug-likeness (QED) is 0.650. The van der Waals surface area contributed by atoms with E-state index in [1.54, 1.807) is 6.92 Å². The molecular weight excluding hydrogens is 152 g/mol. The van der Waals surface area contributed by atoms with E-state index in [0.29, 0.717) is 11.8 Å². The van der Waals surface area contributed by atoms with Gasteiger partial charge >= 0.3 is 0 Å². The van der Waals surface area contributed by atoms with E-state index in [2.05, 4.69) is 24.0 Å². The molecule has 70 valence electrons. The van der Waals surface area contributed by atoms with Crippen LogP contribution in [0.5, 0.6) is 0 Å². The number of hydrogen-bond donors (Lipinski definition) is 0. The normalized spacial score (nSPS) is 9.50. The van der Waals surface area contributed by atoms with Crippen LogP contribution >= 0.6 is 0 Å². The molecule has 0 aliphatic heterocycles. The first kappa shape index (κ1) is 11.1. The third-order valence-corrected chi connectivity index (χ3v) is 1.06. The van der Waals surface area contributed by atoms with E-state index in [9.17, 15) is 0 Å². The fraction of sp³-hybridized carbons (Fsp3) is 0.778. The van der Waals surface area contributed by atoms with E-state index in [-0.39, 0.29) is 0 Å². The number of aromatic nitrogens is 2. The molecule has 0 saturated heterocycles. The highest BCUT2D eigenvalue weighted by molar-refractivity contribution is 4.89. The third-order valence-electron chi connectivity index (χ3n) is 1.06. The van der Waals surface area contributed by atoms with E-state index < -0.39 is 0 Å². The molecule has 0 atom stereocenters. The van der Waals surface area contributed by atoms with Crippen molar-refractivity contribution in [3.05, 3.63) is 11.7 Å². The Hall–Kier alpha value is -0.860. The van der Waals surface area contributed by atoms with Crippen molar-refractivity contribution in [2.45, 2.75) is 47.0 Å². The topological polar surface area (TPSA) is 38.9 Å². The van der Waals surface area contributed by atoms with Gasteiger partial charge in [0, 0.05) is 12.8 Å². The zero-order chi connectivity index (χ0) is 9.56. The van der Waals surface area contributed by atoms with E-state index in [1.165, 1.54) is 6.42 Å². The van der Waals surface area contributed by atoms with Crippen LogP contribution in [0.1, 0.15) is 51.7 Å². The molecule has 3 heteroatoms. The molecule has 12 heavy (non-hydrogen) atoms. The van der Waals surface area contributed by atoms with Crippen LogP contribution in [-0.4, -0.2) is 10.1 Å². The molecule has 0 bridgehead atoms. The summed E-state index contributed by atoms with van der Waals surface area (Å²) in [5, 5.41) is 3.73. The molecule has 0 spiro atoms. The van der Waals surface area contributed by atoms with Crippen molar-refractivity contribution in [1.29, 1.82) is 0 Å². The van der Waals surface area contributed by atoms with Gasteiger partial charge in [0.2, 0.25) is 5.89 Å². The molecule has 1 heterocycles. The monoisotopic (exact) mass is 170 g/mol. The first-order valence-corrected chi connectivity index (χ1v) is 4.42. The summed E-state index contributed by atoms with van der Waals surface area (Å²) in [5.74, 6) is 1.79. The fourth-order valence-electron chi connectivity index (χ4n) is 0.549. The summed E-state index contributed by atoms with van der Waals surface area (Å²) in [6.07, 6.45) is 1.25. The second kappa shape index (κ2) is 5.75. The first-order chi connectivity index (χ1) is 5.61. The van der Waals surface area contributed by atoms with Crippen molar-refractivity contribution < 1.29 is 4.52 Å². The van der Waals surface area contributed by atoms with Crippen LogP contribution in [0.3, 0.4) is 0 Å². The zero-order valence-electron chi connectivity index (χ0n) is 8.59. The van der Waals surface area contributed by atoms with Crippen LogP contribution in [0.25, 0.3) is 0 Å². The second-order valence-electron chi connectivity index (χ2n) is 3.03. The van der Waals surface area contributed by atoms with E-state index in [4.69, 9.17) is 4.52 Å². The molecule has 0 unspecified atom stereocenters. The lowest BCUT2D eigenvalue weighted by atomic mass is 10.2. The van der Waals surface area contributed by atoms with Gasteiger partial charge in [-0.15, -0.1) is 0 Å². The van der Waals surface area contributed by atoms with Crippen LogP contribution in [0.2, 0.25) is 0 Å². The van der Waals surface area contributed by atoms with Crippen molar-refractivity contribution in [1.82, 2.24) is 10.1 Å². The van der Waals surface area contributed by atoms with Crippen molar-refractivity contribution >= 4 is 0 Å². The number of hydrogen-bond acceptors (Lipinski definition) is 3. The van der Waals surface area contributed by atoms with Gasteiger partial charge in [0.05, 0.1) is 0 Å². The maximum atomic E-state index is 4.76. The molecule has 0 amide bonds. The Morgan fingerprint density at radius 1 is 1.33 bits per heavy atom. The Morgan fingerprint density at radius 3 is 2.00 bits per heavy atom. The average molecular weight is 170 g/mol. The highest BCUT2D eigenvalue weighted by atomic mass is 16.5. The zero-order valence-corrected chi connectivity index (χ0v) is 8.59. The molecule has 0 saturated carbocycles. The minimum absolute atomic E-state index is 0.363. The van der Waals surface area contributed by atoms with Crippen molar-refractivity contribution in [2.75, 3.05) is 0 Å². The molecular formula is C9H18N2O. The van der Waals surface area contributed by atoms with Gasteiger partial charge in [0.15, 0.2) is 5.82 Å². The van der Waals surface area contributed by atoms with Crippen molar-refractivity contribution in [2.24, 2.45) is 0 Å². The van der Waals surface area contributed by atoms with Gasteiger partial charge in [-0.1, -0.05) is 39.3 Å². The number of rotatable bonds is 1. The lowest BCUT2D eigenvalue weighted by Crippen LogP contribution is -1.88. The lowest BCUT2D eigenvalue weighted by molar-refractivity contribution is 0.385. The van der Waals surface area contributed by atoms with E-state index in [1.807, 2.05) is 13.8 Å². The molecule has 0 aliphatic rings. The molecule has 1 aromatic heterocycles. The summed E-state index contributed by atoms with van der Waals surface area (Å²) < 4.78 is 4.76. The molecule has 3 nitrogen and oxygen atoms in total. The maximum Gasteiger partial charge on any atom is 0.223 e. The molecule has 0 aromatic carbocycles. The maximum absolute atomic E-state index is 4.76. The molecule has 0 fully saturated rings. The van der Waals surface area contributed by atoms with Gasteiger partial charge in [-0.3, -0.25) is 0 Å². The number of aryl methyl sites for hydroxylation is 1. The largest absolute Gasteiger partial charge is 0.340 e. The molecule has 0 radical (unpaired) electrons. The van der Waals surface area contributed by atoms with Crippen LogP contribution < -0.4 is 0 Å². The predicted octanol–water partition coefficient (Wildman–Crippen LogP) is 2.92. The van der Waals surface area contributed by atoms with Gasteiger partial charge in [-0.2, -0.15) is 4.98 Å². The van der Waals surface area contributed by atoms with Crippen molar-refractivity contribution in [3.63, 3.8) is 0 Å². The SMILES string of the molecule is CCC.Cc1nc(C(C)C)no1. The van der Waals surface area contributed by atoms with Gasteiger partial charge in [0.1, 0.15) is 0 Å². The standard InChI is InChI=1S/C6H10N2O.C3H8/c1-4(2)6-7-5(3)9-8-6;1-3-2/h4H,1-3H3;3H2,1-2H3. The Bertz CT molecular complexity index is 206. The van der Waals surface area contributed by atoms with Crippen LogP contribution in [-0.2, 0) is 0 Å². The second-order valence-corrected chi connectivity index (χ2v) is 3.03. The minimum atomic E-state index is 0.363. The third kappa shape index (κ3) is 4.11. The summed E-state index contributed by atoms with van der Waals surface area (Å²) in [6, 6.07) is 0. The summed E-state index contributed by atoms with van der Waals surface area (Å²) in [4.78, 5) is 4.03. The number of nitrogens with zero attached hydrogens (tertiary/aromatic N) is 2. The Balaban J connectivity index is 0.000000354. The minimum Gasteiger partial charge on any atom is -0.340 e. The smallest absolute Gasteiger partial charge is 0.223 e. The average Bonchev–Trinajstić information content (AvgIpc) is 2.37. The molecule has 1 rings (SSSR count). The summed E-state index contributed by atoms with van der Waals surface area (Å²) in [5.41, 5.74) is 0. The molecule has 1 aromatic rings. The molecule has 0 aliphatic carbocycles. The van der Waals surface area contributed by atoms with Crippen LogP contribution in [0, 0.1) is 6.92 Å². The first-order valence-electron chi connectivity index (χ1n) is 4.42. The van der Waals surface area contributed by atoms with E-state index >= 15 is 0 Å². The summed E-state index contributed by atoms with van der Waals surface area (Å²) in [6.45, 7) is 10.1. The van der Waals surface area contributed by atoms with Gasteiger partial charge in [-0.25, -0.2) is 0 Å². The summed E-state index contributed by atoms with van der Waals surface area (Å²) in [7, 11) is 0.